The second-order valence-electron chi connectivity index (χ2n) is 17.6. The van der Waals surface area contributed by atoms with Crippen molar-refractivity contribution < 1.29 is 0 Å². The number of hydrogen-bond acceptors (Lipinski definition) is 3. The first-order chi connectivity index (χ1) is 29.7. The molecule has 10 aromatic rings. The van der Waals surface area contributed by atoms with E-state index in [4.69, 9.17) is 15.0 Å². The third-order valence-corrected chi connectivity index (χ3v) is 14.5. The summed E-state index contributed by atoms with van der Waals surface area (Å²) in [4.78, 5) is 15.2. The molecule has 14 rings (SSSR count). The topological polar surface area (TPSA) is 48.5 Å². The summed E-state index contributed by atoms with van der Waals surface area (Å²) in [5.74, 6) is 4.79. The average Bonchev–Trinajstić information content (AvgIpc) is 3.83. The lowest BCUT2D eigenvalue weighted by Crippen LogP contribution is -2.59. The van der Waals surface area contributed by atoms with Crippen LogP contribution < -0.4 is 0 Å². The molecule has 0 saturated heterocycles. The highest BCUT2D eigenvalue weighted by molar-refractivity contribution is 6.25. The van der Waals surface area contributed by atoms with Gasteiger partial charge in [0.2, 0.25) is 0 Å². The number of nitrogens with zero attached hydrogens (tertiary/aromatic N) is 5. The maximum absolute atomic E-state index is 5.11. The standard InChI is InChI=1S/C55H43N5/c1-4-14-37(15-5-1)52-56-53(38-16-6-2-7-17-38)58-54(57-52)39-24-26-40(27-25-39)55(41-31-35-30-36(33-41)34-42(55)32-35)60-48-23-13-11-21-46(48)50-49(60)29-28-45-44-20-10-12-22-47(44)59(51(45)50)43-18-8-3-9-19-43/h1-29,35-36,41-42H,30-34H2. The van der Waals surface area contributed by atoms with Crippen LogP contribution in [0.2, 0.25) is 0 Å². The summed E-state index contributed by atoms with van der Waals surface area (Å²) < 4.78 is 5.38. The number of benzene rings is 7. The second kappa shape index (κ2) is 13.1. The van der Waals surface area contributed by atoms with E-state index in [1.54, 1.807) is 0 Å². The van der Waals surface area contributed by atoms with Gasteiger partial charge in [-0.2, -0.15) is 0 Å². The Hall–Kier alpha value is -6.85. The molecule has 4 aliphatic rings. The molecule has 60 heavy (non-hydrogen) atoms. The summed E-state index contributed by atoms with van der Waals surface area (Å²) in [5.41, 5.74) is 10.6. The summed E-state index contributed by atoms with van der Waals surface area (Å²) in [6.07, 6.45) is 6.53. The number of aromatic nitrogens is 5. The van der Waals surface area contributed by atoms with Gasteiger partial charge >= 0.3 is 0 Å². The van der Waals surface area contributed by atoms with Gasteiger partial charge in [-0.15, -0.1) is 0 Å². The first-order valence-corrected chi connectivity index (χ1v) is 21.7. The van der Waals surface area contributed by atoms with E-state index in [-0.39, 0.29) is 5.54 Å². The Morgan fingerprint density at radius 3 is 1.50 bits per heavy atom. The Morgan fingerprint density at radius 2 is 0.900 bits per heavy atom. The van der Waals surface area contributed by atoms with Gasteiger partial charge in [-0.25, -0.2) is 15.0 Å². The normalized spacial score (nSPS) is 22.1. The van der Waals surface area contributed by atoms with Crippen LogP contribution >= 0.6 is 0 Å². The lowest BCUT2D eigenvalue weighted by molar-refractivity contribution is -0.0719. The minimum atomic E-state index is -0.200. The zero-order chi connectivity index (χ0) is 39.4. The zero-order valence-electron chi connectivity index (χ0n) is 33.3. The molecule has 5 heteroatoms. The fourth-order valence-electron chi connectivity index (χ4n) is 12.4. The van der Waals surface area contributed by atoms with Crippen LogP contribution in [0.5, 0.6) is 0 Å². The van der Waals surface area contributed by atoms with Crippen molar-refractivity contribution in [3.8, 4) is 39.9 Å². The van der Waals surface area contributed by atoms with E-state index in [1.807, 2.05) is 36.4 Å². The molecule has 4 fully saturated rings. The van der Waals surface area contributed by atoms with Gasteiger partial charge in [0.25, 0.3) is 0 Å². The van der Waals surface area contributed by atoms with Crippen LogP contribution in [0.4, 0.5) is 0 Å². The summed E-state index contributed by atoms with van der Waals surface area (Å²) >= 11 is 0. The molecule has 4 bridgehead atoms. The van der Waals surface area contributed by atoms with Crippen LogP contribution in [-0.2, 0) is 5.54 Å². The van der Waals surface area contributed by atoms with E-state index in [0.717, 1.165) is 28.5 Å². The van der Waals surface area contributed by atoms with Crippen LogP contribution in [0.25, 0.3) is 83.5 Å². The number of rotatable bonds is 6. The van der Waals surface area contributed by atoms with E-state index in [2.05, 4.69) is 149 Å². The van der Waals surface area contributed by atoms with Crippen LogP contribution in [0.1, 0.15) is 37.7 Å². The van der Waals surface area contributed by atoms with Crippen molar-refractivity contribution in [1.82, 2.24) is 24.1 Å². The fraction of sp³-hybridized carbons (Fsp3) is 0.182. The molecule has 3 heterocycles. The van der Waals surface area contributed by atoms with Gasteiger partial charge in [0.05, 0.1) is 27.6 Å². The average molecular weight is 774 g/mol. The van der Waals surface area contributed by atoms with Crippen molar-refractivity contribution in [2.45, 2.75) is 37.6 Å². The van der Waals surface area contributed by atoms with Crippen LogP contribution in [0, 0.1) is 23.7 Å². The minimum absolute atomic E-state index is 0.200. The monoisotopic (exact) mass is 773 g/mol. The number of fused-ring (bicyclic) bond motifs is 7. The lowest BCUT2D eigenvalue weighted by Gasteiger charge is -2.62. The summed E-state index contributed by atoms with van der Waals surface area (Å²) in [6.45, 7) is 0. The van der Waals surface area contributed by atoms with Crippen molar-refractivity contribution in [1.29, 1.82) is 0 Å². The largest absolute Gasteiger partial charge is 0.329 e. The van der Waals surface area contributed by atoms with Crippen molar-refractivity contribution in [3.05, 3.63) is 181 Å². The number of para-hydroxylation sites is 3. The molecule has 0 aliphatic heterocycles. The Balaban J connectivity index is 1.06. The SMILES string of the molecule is c1ccc(-c2nc(-c3ccccc3)nc(-c3ccc(C4(n5c6ccccc6c6c7c(ccc65)c5ccccc5n7-c5ccccc5)C5CC6CC(C5)CC4C6)cc3)n2)cc1. The van der Waals surface area contributed by atoms with Gasteiger partial charge < -0.3 is 9.13 Å². The predicted octanol–water partition coefficient (Wildman–Crippen LogP) is 13.3. The molecule has 7 aromatic carbocycles. The highest BCUT2D eigenvalue weighted by Crippen LogP contribution is 2.65. The molecule has 4 aliphatic carbocycles. The van der Waals surface area contributed by atoms with Crippen molar-refractivity contribution in [2.24, 2.45) is 23.7 Å². The number of hydrogen-bond donors (Lipinski definition) is 0. The van der Waals surface area contributed by atoms with Crippen molar-refractivity contribution in [3.63, 3.8) is 0 Å². The van der Waals surface area contributed by atoms with Gasteiger partial charge in [-0.05, 0) is 91.7 Å². The van der Waals surface area contributed by atoms with Crippen molar-refractivity contribution >= 4 is 43.6 Å². The Kier molecular flexibility index (Phi) is 7.42. The highest BCUT2D eigenvalue weighted by Gasteiger charge is 2.59. The fourth-order valence-corrected chi connectivity index (χ4v) is 12.4. The molecule has 0 radical (unpaired) electrons. The van der Waals surface area contributed by atoms with E-state index < -0.39 is 0 Å². The molecule has 3 aromatic heterocycles. The third kappa shape index (κ3) is 4.89. The summed E-state index contributed by atoms with van der Waals surface area (Å²) in [6, 6.07) is 64.0. The summed E-state index contributed by atoms with van der Waals surface area (Å²) in [7, 11) is 0. The Bertz CT molecular complexity index is 3170. The molecule has 0 spiro atoms. The summed E-state index contributed by atoms with van der Waals surface area (Å²) in [5, 5.41) is 5.27. The highest BCUT2D eigenvalue weighted by atomic mass is 15.1. The third-order valence-electron chi connectivity index (χ3n) is 14.5. The molecule has 5 nitrogen and oxygen atoms in total. The minimum Gasteiger partial charge on any atom is -0.329 e. The smallest absolute Gasteiger partial charge is 0.164 e. The molecule has 0 N–H and O–H groups in total. The van der Waals surface area contributed by atoms with Crippen LogP contribution in [-0.4, -0.2) is 24.1 Å². The molecule has 4 saturated carbocycles. The van der Waals surface area contributed by atoms with Gasteiger partial charge in [0.15, 0.2) is 17.5 Å². The second-order valence-corrected chi connectivity index (χ2v) is 17.6. The van der Waals surface area contributed by atoms with Gasteiger partial charge in [0.1, 0.15) is 0 Å². The van der Waals surface area contributed by atoms with E-state index in [9.17, 15) is 0 Å². The molecule has 0 unspecified atom stereocenters. The Labute approximate surface area is 349 Å². The van der Waals surface area contributed by atoms with E-state index in [0.29, 0.717) is 29.3 Å². The van der Waals surface area contributed by atoms with Gasteiger partial charge in [0, 0.05) is 43.9 Å². The quantitative estimate of drug-likeness (QED) is 0.169. The van der Waals surface area contributed by atoms with Crippen molar-refractivity contribution in [2.75, 3.05) is 0 Å². The maximum atomic E-state index is 5.11. The molecular formula is C55H43N5. The first-order valence-electron chi connectivity index (χ1n) is 21.7. The van der Waals surface area contributed by atoms with Gasteiger partial charge in [-0.3, -0.25) is 0 Å². The first kappa shape index (κ1) is 34.1. The maximum Gasteiger partial charge on any atom is 0.164 e. The van der Waals surface area contributed by atoms with E-state index in [1.165, 1.54) is 87.0 Å². The van der Waals surface area contributed by atoms with Crippen LogP contribution in [0.15, 0.2) is 176 Å². The zero-order valence-corrected chi connectivity index (χ0v) is 33.3. The van der Waals surface area contributed by atoms with Crippen LogP contribution in [0.3, 0.4) is 0 Å². The molecular weight excluding hydrogens is 731 g/mol. The van der Waals surface area contributed by atoms with E-state index >= 15 is 0 Å². The predicted molar refractivity (Wildman–Crippen MR) is 244 cm³/mol. The molecule has 0 atom stereocenters. The lowest BCUT2D eigenvalue weighted by atomic mass is 9.47. The molecule has 0 amide bonds. The molecule has 288 valence electrons. The Morgan fingerprint density at radius 1 is 0.400 bits per heavy atom. The van der Waals surface area contributed by atoms with Gasteiger partial charge in [-0.1, -0.05) is 146 Å².